The van der Waals surface area contributed by atoms with Crippen LogP contribution in [0.3, 0.4) is 0 Å². The standard InChI is InChI=1S/C13H27N/c1-6-7-8-12-9-10-14(5)13(3,4)11(12)2/h11-12H,6-10H2,1-5H3. The van der Waals surface area contributed by atoms with Crippen LogP contribution >= 0.6 is 0 Å². The fourth-order valence-electron chi connectivity index (χ4n) is 2.68. The summed E-state index contributed by atoms with van der Waals surface area (Å²) in [6.07, 6.45) is 5.60. The molecule has 1 aliphatic rings. The van der Waals surface area contributed by atoms with Gasteiger partial charge < -0.3 is 4.90 Å². The molecule has 1 rings (SSSR count). The fraction of sp³-hybridized carbons (Fsp3) is 1.00. The molecule has 1 heteroatoms. The van der Waals surface area contributed by atoms with E-state index in [1.54, 1.807) is 0 Å². The van der Waals surface area contributed by atoms with Crippen molar-refractivity contribution in [1.82, 2.24) is 4.90 Å². The van der Waals surface area contributed by atoms with Crippen molar-refractivity contribution in [2.24, 2.45) is 11.8 Å². The molecule has 0 spiro atoms. The van der Waals surface area contributed by atoms with E-state index >= 15 is 0 Å². The van der Waals surface area contributed by atoms with Crippen molar-refractivity contribution >= 4 is 0 Å². The third-order valence-electron chi connectivity index (χ3n) is 4.57. The molecule has 0 N–H and O–H groups in total. The normalized spacial score (nSPS) is 33.2. The highest BCUT2D eigenvalue weighted by Gasteiger charge is 2.38. The average Bonchev–Trinajstić information content (AvgIpc) is 2.14. The average molecular weight is 197 g/mol. The highest BCUT2D eigenvalue weighted by atomic mass is 15.2. The Morgan fingerprint density at radius 2 is 2.00 bits per heavy atom. The number of hydrogen-bond donors (Lipinski definition) is 0. The van der Waals surface area contributed by atoms with E-state index in [2.05, 4.69) is 39.6 Å². The van der Waals surface area contributed by atoms with Crippen molar-refractivity contribution in [2.45, 2.75) is 58.9 Å². The molecule has 0 aromatic heterocycles. The highest BCUT2D eigenvalue weighted by Crippen LogP contribution is 2.38. The van der Waals surface area contributed by atoms with Gasteiger partial charge in [-0.05, 0) is 45.7 Å². The first-order valence-electron chi connectivity index (χ1n) is 6.21. The monoisotopic (exact) mass is 197 g/mol. The zero-order valence-corrected chi connectivity index (χ0v) is 10.6. The lowest BCUT2D eigenvalue weighted by molar-refractivity contribution is 0.00975. The van der Waals surface area contributed by atoms with Gasteiger partial charge in [-0.15, -0.1) is 0 Å². The maximum absolute atomic E-state index is 2.53. The Labute approximate surface area is 89.9 Å². The molecule has 1 saturated heterocycles. The molecule has 0 radical (unpaired) electrons. The van der Waals surface area contributed by atoms with Crippen LogP contribution in [0.2, 0.25) is 0 Å². The van der Waals surface area contributed by atoms with Crippen molar-refractivity contribution in [1.29, 1.82) is 0 Å². The van der Waals surface area contributed by atoms with Crippen molar-refractivity contribution in [3.8, 4) is 0 Å². The first kappa shape index (κ1) is 12.0. The molecule has 2 unspecified atom stereocenters. The smallest absolute Gasteiger partial charge is 0.0178 e. The minimum Gasteiger partial charge on any atom is -0.301 e. The molecular weight excluding hydrogens is 170 g/mol. The molecule has 0 amide bonds. The van der Waals surface area contributed by atoms with E-state index in [4.69, 9.17) is 0 Å². The molecule has 0 aliphatic carbocycles. The van der Waals surface area contributed by atoms with Gasteiger partial charge in [-0.3, -0.25) is 0 Å². The van der Waals surface area contributed by atoms with Crippen LogP contribution < -0.4 is 0 Å². The summed E-state index contributed by atoms with van der Waals surface area (Å²) in [7, 11) is 2.27. The molecule has 84 valence electrons. The maximum Gasteiger partial charge on any atom is 0.0178 e. The van der Waals surface area contributed by atoms with Crippen LogP contribution in [0, 0.1) is 11.8 Å². The Morgan fingerprint density at radius 3 is 2.57 bits per heavy atom. The lowest BCUT2D eigenvalue weighted by atomic mass is 9.72. The molecular formula is C13H27N. The van der Waals surface area contributed by atoms with Gasteiger partial charge in [-0.2, -0.15) is 0 Å². The summed E-state index contributed by atoms with van der Waals surface area (Å²) in [4.78, 5) is 2.53. The van der Waals surface area contributed by atoms with Crippen molar-refractivity contribution in [3.05, 3.63) is 0 Å². The fourth-order valence-corrected chi connectivity index (χ4v) is 2.68. The molecule has 0 aromatic rings. The van der Waals surface area contributed by atoms with Crippen molar-refractivity contribution < 1.29 is 0 Å². The molecule has 0 aromatic carbocycles. The van der Waals surface area contributed by atoms with Crippen LogP contribution in [-0.4, -0.2) is 24.0 Å². The highest BCUT2D eigenvalue weighted by molar-refractivity contribution is 4.92. The first-order valence-corrected chi connectivity index (χ1v) is 6.21. The van der Waals surface area contributed by atoms with E-state index in [9.17, 15) is 0 Å². The van der Waals surface area contributed by atoms with Gasteiger partial charge in [0.25, 0.3) is 0 Å². The van der Waals surface area contributed by atoms with Crippen molar-refractivity contribution in [2.75, 3.05) is 13.6 Å². The Morgan fingerprint density at radius 1 is 1.36 bits per heavy atom. The van der Waals surface area contributed by atoms with Crippen LogP contribution in [0.4, 0.5) is 0 Å². The van der Waals surface area contributed by atoms with Gasteiger partial charge in [0, 0.05) is 5.54 Å². The summed E-state index contributed by atoms with van der Waals surface area (Å²) >= 11 is 0. The SMILES string of the molecule is CCCCC1CCN(C)C(C)(C)C1C. The number of nitrogens with zero attached hydrogens (tertiary/aromatic N) is 1. The van der Waals surface area contributed by atoms with Gasteiger partial charge >= 0.3 is 0 Å². The summed E-state index contributed by atoms with van der Waals surface area (Å²) < 4.78 is 0. The minimum atomic E-state index is 0.399. The summed E-state index contributed by atoms with van der Waals surface area (Å²) in [5.41, 5.74) is 0.399. The number of likely N-dealkylation sites (tertiary alicyclic amines) is 1. The molecule has 14 heavy (non-hydrogen) atoms. The Bertz CT molecular complexity index is 172. The van der Waals surface area contributed by atoms with E-state index in [0.717, 1.165) is 11.8 Å². The molecule has 0 bridgehead atoms. The number of hydrogen-bond acceptors (Lipinski definition) is 1. The van der Waals surface area contributed by atoms with Gasteiger partial charge in [0.2, 0.25) is 0 Å². The predicted octanol–water partition coefficient (Wildman–Crippen LogP) is 3.54. The molecule has 1 nitrogen and oxygen atoms in total. The summed E-state index contributed by atoms with van der Waals surface area (Å²) in [6.45, 7) is 10.8. The van der Waals surface area contributed by atoms with Gasteiger partial charge in [-0.1, -0.05) is 33.1 Å². The molecule has 1 aliphatic heterocycles. The lowest BCUT2D eigenvalue weighted by Gasteiger charge is -2.49. The Balaban J connectivity index is 2.56. The van der Waals surface area contributed by atoms with Crippen LogP contribution in [0.25, 0.3) is 0 Å². The Kier molecular flexibility index (Phi) is 4.00. The summed E-state index contributed by atoms with van der Waals surface area (Å²) in [5.74, 6) is 1.80. The third kappa shape index (κ3) is 2.31. The largest absolute Gasteiger partial charge is 0.301 e. The molecule has 1 heterocycles. The second-order valence-corrected chi connectivity index (χ2v) is 5.55. The topological polar surface area (TPSA) is 3.24 Å². The van der Waals surface area contributed by atoms with Crippen LogP contribution in [0.5, 0.6) is 0 Å². The van der Waals surface area contributed by atoms with Crippen LogP contribution in [0.1, 0.15) is 53.4 Å². The zero-order valence-electron chi connectivity index (χ0n) is 10.6. The van der Waals surface area contributed by atoms with Gasteiger partial charge in [0.15, 0.2) is 0 Å². The van der Waals surface area contributed by atoms with Crippen LogP contribution in [0.15, 0.2) is 0 Å². The second kappa shape index (κ2) is 4.65. The molecule has 2 atom stereocenters. The quantitative estimate of drug-likeness (QED) is 0.669. The molecule has 0 saturated carbocycles. The van der Waals surface area contributed by atoms with Crippen molar-refractivity contribution in [3.63, 3.8) is 0 Å². The van der Waals surface area contributed by atoms with Gasteiger partial charge in [-0.25, -0.2) is 0 Å². The Hall–Kier alpha value is -0.0400. The van der Waals surface area contributed by atoms with E-state index in [1.807, 2.05) is 0 Å². The van der Waals surface area contributed by atoms with Gasteiger partial charge in [0.05, 0.1) is 0 Å². The summed E-state index contributed by atoms with van der Waals surface area (Å²) in [5, 5.41) is 0. The van der Waals surface area contributed by atoms with E-state index in [1.165, 1.54) is 32.2 Å². The van der Waals surface area contributed by atoms with Gasteiger partial charge in [0.1, 0.15) is 0 Å². The molecule has 1 fully saturated rings. The van der Waals surface area contributed by atoms with Crippen LogP contribution in [-0.2, 0) is 0 Å². The number of piperidine rings is 1. The van der Waals surface area contributed by atoms with E-state index in [-0.39, 0.29) is 0 Å². The zero-order chi connectivity index (χ0) is 10.8. The third-order valence-corrected chi connectivity index (χ3v) is 4.57. The van der Waals surface area contributed by atoms with E-state index in [0.29, 0.717) is 5.54 Å². The lowest BCUT2D eigenvalue weighted by Crippen LogP contribution is -2.53. The minimum absolute atomic E-state index is 0.399. The number of rotatable bonds is 3. The maximum atomic E-state index is 2.53. The number of unbranched alkanes of at least 4 members (excludes halogenated alkanes) is 1. The predicted molar refractivity (Wildman–Crippen MR) is 63.5 cm³/mol. The first-order chi connectivity index (χ1) is 6.50. The second-order valence-electron chi connectivity index (χ2n) is 5.55. The summed E-state index contributed by atoms with van der Waals surface area (Å²) in [6, 6.07) is 0. The van der Waals surface area contributed by atoms with E-state index < -0.39 is 0 Å².